The number of carboxylic acid groups (broad SMARTS) is 1. The number of carboxylic acids is 1. The van der Waals surface area contributed by atoms with Crippen molar-refractivity contribution in [2.24, 2.45) is 0 Å². The molecule has 6 heteroatoms. The van der Waals surface area contributed by atoms with Crippen LogP contribution in [0.2, 0.25) is 0 Å². The van der Waals surface area contributed by atoms with Gasteiger partial charge in [-0.2, -0.15) is 0 Å². The number of carbonyl (C=O) groups excluding carboxylic acids is 1. The summed E-state index contributed by atoms with van der Waals surface area (Å²) >= 11 is 0. The highest BCUT2D eigenvalue weighted by Crippen LogP contribution is 2.10. The Hall–Kier alpha value is -1.98. The summed E-state index contributed by atoms with van der Waals surface area (Å²) in [6.07, 6.45) is 3.32. The van der Waals surface area contributed by atoms with E-state index in [1.54, 1.807) is 6.92 Å². The number of hydrogen-bond donors (Lipinski definition) is 1. The van der Waals surface area contributed by atoms with Crippen molar-refractivity contribution in [3.8, 4) is 0 Å². The van der Waals surface area contributed by atoms with Gasteiger partial charge in [-0.25, -0.2) is 9.59 Å². The van der Waals surface area contributed by atoms with Gasteiger partial charge in [0, 0.05) is 15.7 Å². The summed E-state index contributed by atoms with van der Waals surface area (Å²) < 4.78 is 4.86. The molecule has 15 heavy (non-hydrogen) atoms. The molecule has 0 saturated heterocycles. The van der Waals surface area contributed by atoms with Crippen LogP contribution in [0.15, 0.2) is 23.9 Å². The van der Waals surface area contributed by atoms with E-state index < -0.39 is 18.0 Å². The van der Waals surface area contributed by atoms with Crippen LogP contribution in [-0.4, -0.2) is 34.5 Å². The number of ether oxygens (including phenoxy) is 1. The normalized spacial score (nSPS) is 19.7. The van der Waals surface area contributed by atoms with E-state index in [4.69, 9.17) is 5.11 Å². The van der Waals surface area contributed by atoms with Gasteiger partial charge in [0.15, 0.2) is 0 Å². The highest BCUT2D eigenvalue weighted by Gasteiger charge is 2.33. The van der Waals surface area contributed by atoms with Gasteiger partial charge < -0.3 is 9.84 Å². The number of esters is 1. The molecule has 0 spiro atoms. The molecule has 0 aromatic heterocycles. The second-order valence-electron chi connectivity index (χ2n) is 2.81. The van der Waals surface area contributed by atoms with Crippen LogP contribution in [0.25, 0.3) is 0 Å². The summed E-state index contributed by atoms with van der Waals surface area (Å²) in [5.41, 5.74) is 0.0457. The molecule has 6 nitrogen and oxygen atoms in total. The largest absolute Gasteiger partial charge is 0.476 e. The van der Waals surface area contributed by atoms with Crippen molar-refractivity contribution >= 4 is 11.9 Å². The molecule has 80 valence electrons. The SMILES string of the molecule is CCOC(=O)C1=C[N+](=O)C(C(=O)O)C=C1. The Kier molecular flexibility index (Phi) is 3.33. The van der Waals surface area contributed by atoms with Crippen molar-refractivity contribution in [3.63, 3.8) is 0 Å². The first-order valence-corrected chi connectivity index (χ1v) is 4.31. The molecule has 0 fully saturated rings. The predicted molar refractivity (Wildman–Crippen MR) is 48.9 cm³/mol. The molecule has 1 heterocycles. The average molecular weight is 212 g/mol. The lowest BCUT2D eigenvalue weighted by Crippen LogP contribution is -2.30. The van der Waals surface area contributed by atoms with E-state index in [9.17, 15) is 14.5 Å². The first-order chi connectivity index (χ1) is 7.06. The molecule has 0 aromatic rings. The molecule has 0 radical (unpaired) electrons. The van der Waals surface area contributed by atoms with Crippen molar-refractivity contribution in [2.75, 3.05) is 6.61 Å². The molecule has 0 aliphatic carbocycles. The summed E-state index contributed by atoms with van der Waals surface area (Å²) in [6, 6.07) is -1.27. The molecule has 0 aromatic carbocycles. The summed E-state index contributed by atoms with van der Waals surface area (Å²) in [4.78, 5) is 32.8. The Labute approximate surface area is 85.4 Å². The molecular formula is C9H10NO5+. The minimum absolute atomic E-state index is 0.0457. The van der Waals surface area contributed by atoms with E-state index >= 15 is 0 Å². The van der Waals surface area contributed by atoms with Gasteiger partial charge in [0.25, 0.3) is 0 Å². The molecule has 1 rings (SSSR count). The van der Waals surface area contributed by atoms with E-state index in [0.717, 1.165) is 12.3 Å². The van der Waals surface area contributed by atoms with E-state index in [2.05, 4.69) is 4.74 Å². The Morgan fingerprint density at radius 3 is 2.73 bits per heavy atom. The van der Waals surface area contributed by atoms with Crippen molar-refractivity contribution in [1.82, 2.24) is 0 Å². The molecule has 1 N–H and O–H groups in total. The van der Waals surface area contributed by atoms with Gasteiger partial charge in [-0.05, 0) is 13.0 Å². The highest BCUT2D eigenvalue weighted by atomic mass is 16.5. The molecule has 0 saturated carbocycles. The third-order valence-corrected chi connectivity index (χ3v) is 1.76. The Balaban J connectivity index is 2.80. The van der Waals surface area contributed by atoms with Gasteiger partial charge >= 0.3 is 18.0 Å². The lowest BCUT2D eigenvalue weighted by molar-refractivity contribution is -0.498. The van der Waals surface area contributed by atoms with Crippen LogP contribution in [0.5, 0.6) is 0 Å². The van der Waals surface area contributed by atoms with Crippen molar-refractivity contribution in [2.45, 2.75) is 13.0 Å². The standard InChI is InChI=1S/C9H9NO5/c1-2-15-9(13)6-3-4-7(8(11)12)10(14)5-6/h3-5,7H,2H2,1H3/p+1. The van der Waals surface area contributed by atoms with Gasteiger partial charge in [-0.3, -0.25) is 0 Å². The lowest BCUT2D eigenvalue weighted by atomic mass is 10.1. The van der Waals surface area contributed by atoms with Gasteiger partial charge in [0.1, 0.15) is 5.57 Å². The Morgan fingerprint density at radius 1 is 1.60 bits per heavy atom. The maximum atomic E-state index is 11.2. The summed E-state index contributed by atoms with van der Waals surface area (Å²) in [7, 11) is 0. The highest BCUT2D eigenvalue weighted by molar-refractivity contribution is 5.92. The maximum absolute atomic E-state index is 11.2. The minimum atomic E-state index is -1.27. The summed E-state index contributed by atoms with van der Waals surface area (Å²) in [6.45, 7) is 1.84. The second-order valence-corrected chi connectivity index (χ2v) is 2.81. The van der Waals surface area contributed by atoms with Gasteiger partial charge in [-0.1, -0.05) is 0 Å². The zero-order chi connectivity index (χ0) is 11.4. The van der Waals surface area contributed by atoms with Crippen LogP contribution in [0, 0.1) is 4.91 Å². The number of aliphatic carboxylic acids is 1. The van der Waals surface area contributed by atoms with Crippen LogP contribution < -0.4 is 0 Å². The number of nitrogens with zero attached hydrogens (tertiary/aromatic N) is 1. The maximum Gasteiger partial charge on any atom is 0.382 e. The zero-order valence-corrected chi connectivity index (χ0v) is 8.04. The third kappa shape index (κ3) is 2.49. The van der Waals surface area contributed by atoms with Crippen molar-refractivity contribution in [3.05, 3.63) is 28.8 Å². The quantitative estimate of drug-likeness (QED) is 0.535. The topological polar surface area (TPSA) is 83.7 Å². The van der Waals surface area contributed by atoms with Gasteiger partial charge in [-0.15, -0.1) is 0 Å². The van der Waals surface area contributed by atoms with E-state index in [1.165, 1.54) is 6.08 Å². The summed E-state index contributed by atoms with van der Waals surface area (Å²) in [5.74, 6) is -1.90. The lowest BCUT2D eigenvalue weighted by Gasteiger charge is -2.04. The fraction of sp³-hybridized carbons (Fsp3) is 0.333. The minimum Gasteiger partial charge on any atom is -0.476 e. The molecule has 1 aliphatic rings. The first-order valence-electron chi connectivity index (χ1n) is 4.31. The average Bonchev–Trinajstić information content (AvgIpc) is 2.17. The number of nitroso groups, excluding NO2 is 1. The van der Waals surface area contributed by atoms with Crippen molar-refractivity contribution < 1.29 is 24.2 Å². The second kappa shape index (κ2) is 4.50. The van der Waals surface area contributed by atoms with E-state index in [-0.39, 0.29) is 16.9 Å². The monoisotopic (exact) mass is 212 g/mol. The number of carbonyl (C=O) groups is 2. The predicted octanol–water partition coefficient (Wildman–Crippen LogP) is 0.235. The number of rotatable bonds is 3. The third-order valence-electron chi connectivity index (χ3n) is 1.76. The number of hydrogen-bond acceptors (Lipinski definition) is 4. The van der Waals surface area contributed by atoms with Crippen molar-refractivity contribution in [1.29, 1.82) is 0 Å². The van der Waals surface area contributed by atoms with E-state index in [0.29, 0.717) is 0 Å². The van der Waals surface area contributed by atoms with Crippen LogP contribution >= 0.6 is 0 Å². The molecule has 0 amide bonds. The molecule has 0 bridgehead atoms. The summed E-state index contributed by atoms with van der Waals surface area (Å²) in [5, 5.41) is 8.60. The van der Waals surface area contributed by atoms with Crippen LogP contribution in [0.1, 0.15) is 6.92 Å². The fourth-order valence-electron chi connectivity index (χ4n) is 1.07. The van der Waals surface area contributed by atoms with Crippen LogP contribution in [0.4, 0.5) is 0 Å². The van der Waals surface area contributed by atoms with E-state index in [1.807, 2.05) is 0 Å². The van der Waals surface area contributed by atoms with Crippen LogP contribution in [0.3, 0.4) is 0 Å². The fourth-order valence-corrected chi connectivity index (χ4v) is 1.07. The zero-order valence-electron chi connectivity index (χ0n) is 8.04. The smallest absolute Gasteiger partial charge is 0.382 e. The Morgan fingerprint density at radius 2 is 2.27 bits per heavy atom. The van der Waals surface area contributed by atoms with Gasteiger partial charge in [0.2, 0.25) is 6.20 Å². The van der Waals surface area contributed by atoms with Gasteiger partial charge in [0.05, 0.1) is 6.61 Å². The van der Waals surface area contributed by atoms with Crippen LogP contribution in [-0.2, 0) is 14.3 Å². The molecule has 1 atom stereocenters. The first kappa shape index (κ1) is 11.1. The Bertz CT molecular complexity index is 369. The molecule has 1 unspecified atom stereocenters. The molecular weight excluding hydrogens is 202 g/mol. The molecule has 1 aliphatic heterocycles.